The Morgan fingerprint density at radius 3 is 2.26 bits per heavy atom. The molecule has 0 aliphatic rings. The van der Waals surface area contributed by atoms with E-state index in [0.717, 1.165) is 12.2 Å². The van der Waals surface area contributed by atoms with Crippen LogP contribution < -0.4 is 16.4 Å². The van der Waals surface area contributed by atoms with E-state index in [1.807, 2.05) is 20.1 Å². The predicted octanol–water partition coefficient (Wildman–Crippen LogP) is 0.908. The summed E-state index contributed by atoms with van der Waals surface area (Å²) in [5.74, 6) is 0.396. The maximum atomic E-state index is 11.7. The van der Waals surface area contributed by atoms with Gasteiger partial charge in [-0.1, -0.05) is 6.92 Å². The van der Waals surface area contributed by atoms with Crippen molar-refractivity contribution in [3.8, 4) is 0 Å². The molecule has 0 radical (unpaired) electrons. The van der Waals surface area contributed by atoms with Crippen LogP contribution in [0.1, 0.15) is 33.6 Å². The van der Waals surface area contributed by atoms with Crippen molar-refractivity contribution in [2.75, 3.05) is 12.0 Å². The minimum absolute atomic E-state index is 0. The zero-order chi connectivity index (χ0) is 14.1. The van der Waals surface area contributed by atoms with Crippen LogP contribution in [-0.2, 0) is 9.59 Å². The van der Waals surface area contributed by atoms with Crippen LogP contribution in [0.15, 0.2) is 0 Å². The molecule has 0 heterocycles. The minimum Gasteiger partial charge on any atom is -0.352 e. The summed E-state index contributed by atoms with van der Waals surface area (Å²) in [5, 5.41) is 5.45. The molecule has 0 saturated heterocycles. The number of carbonyl (C=O) groups excluding carboxylic acids is 2. The first kappa shape index (κ1) is 20.8. The van der Waals surface area contributed by atoms with E-state index in [2.05, 4.69) is 10.6 Å². The second kappa shape index (κ2) is 11.4. The van der Waals surface area contributed by atoms with Gasteiger partial charge in [-0.05, 0) is 38.7 Å². The van der Waals surface area contributed by atoms with Crippen LogP contribution >= 0.6 is 24.2 Å². The van der Waals surface area contributed by atoms with Crippen molar-refractivity contribution in [2.24, 2.45) is 5.73 Å². The third kappa shape index (κ3) is 9.13. The summed E-state index contributed by atoms with van der Waals surface area (Å²) in [6, 6.07) is -0.981. The maximum absolute atomic E-state index is 11.7. The summed E-state index contributed by atoms with van der Waals surface area (Å²) < 4.78 is 0. The molecule has 0 aliphatic heterocycles. The average Bonchev–Trinajstić information content (AvgIpc) is 2.35. The van der Waals surface area contributed by atoms with Crippen molar-refractivity contribution in [3.63, 3.8) is 0 Å². The Labute approximate surface area is 126 Å². The summed E-state index contributed by atoms with van der Waals surface area (Å²) >= 11 is 1.64. The molecular weight excluding hydrogens is 286 g/mol. The van der Waals surface area contributed by atoms with Crippen molar-refractivity contribution in [1.82, 2.24) is 10.6 Å². The van der Waals surface area contributed by atoms with E-state index in [-0.39, 0.29) is 30.3 Å². The molecule has 0 rings (SSSR count). The lowest BCUT2D eigenvalue weighted by Gasteiger charge is -2.19. The second-order valence-electron chi connectivity index (χ2n) is 4.44. The van der Waals surface area contributed by atoms with Gasteiger partial charge in [0.05, 0.1) is 6.04 Å². The lowest BCUT2D eigenvalue weighted by atomic mass is 10.2. The first-order valence-corrected chi connectivity index (χ1v) is 7.67. The topological polar surface area (TPSA) is 84.2 Å². The van der Waals surface area contributed by atoms with Crippen LogP contribution in [0, 0.1) is 0 Å². The van der Waals surface area contributed by atoms with Crippen LogP contribution in [0.2, 0.25) is 0 Å². The standard InChI is InChI=1S/C12H25N3O2S.ClH/c1-5-8(2)14-11(16)9(3)15-12(17)10(13)6-7-18-4;/h8-10H,5-7,13H2,1-4H3,(H,14,16)(H,15,17);1H/t8?,9?,10-;/m0./s1. The number of nitrogens with two attached hydrogens (primary N) is 1. The fourth-order valence-corrected chi connectivity index (χ4v) is 1.72. The molecule has 3 atom stereocenters. The molecule has 0 aliphatic carbocycles. The van der Waals surface area contributed by atoms with Gasteiger partial charge in [0.15, 0.2) is 0 Å². The van der Waals surface area contributed by atoms with E-state index < -0.39 is 12.1 Å². The minimum atomic E-state index is -0.549. The van der Waals surface area contributed by atoms with Gasteiger partial charge in [-0.15, -0.1) is 12.4 Å². The van der Waals surface area contributed by atoms with E-state index in [9.17, 15) is 9.59 Å². The molecule has 0 aromatic rings. The van der Waals surface area contributed by atoms with Gasteiger partial charge in [-0.25, -0.2) is 0 Å². The molecule has 0 saturated carbocycles. The van der Waals surface area contributed by atoms with Gasteiger partial charge >= 0.3 is 0 Å². The summed E-state index contributed by atoms with van der Waals surface area (Å²) in [6.07, 6.45) is 3.44. The highest BCUT2D eigenvalue weighted by molar-refractivity contribution is 7.98. The Morgan fingerprint density at radius 1 is 1.21 bits per heavy atom. The Hall–Kier alpha value is -0.460. The van der Waals surface area contributed by atoms with Crippen molar-refractivity contribution in [2.45, 2.75) is 51.7 Å². The highest BCUT2D eigenvalue weighted by atomic mass is 35.5. The number of carbonyl (C=O) groups is 2. The zero-order valence-electron chi connectivity index (χ0n) is 12.1. The molecule has 0 spiro atoms. The van der Waals surface area contributed by atoms with Crippen molar-refractivity contribution in [3.05, 3.63) is 0 Å². The van der Waals surface area contributed by atoms with E-state index in [1.54, 1.807) is 18.7 Å². The molecule has 0 fully saturated rings. The first-order chi connectivity index (χ1) is 8.42. The quantitative estimate of drug-likeness (QED) is 0.622. The van der Waals surface area contributed by atoms with Crippen molar-refractivity contribution in [1.29, 1.82) is 0 Å². The van der Waals surface area contributed by atoms with Gasteiger partial charge < -0.3 is 16.4 Å². The molecule has 19 heavy (non-hydrogen) atoms. The third-order valence-corrected chi connectivity index (χ3v) is 3.37. The number of nitrogens with one attached hydrogen (secondary N) is 2. The van der Waals surface area contributed by atoms with Crippen LogP contribution in [-0.4, -0.2) is 41.9 Å². The second-order valence-corrected chi connectivity index (χ2v) is 5.42. The molecule has 7 heteroatoms. The average molecular weight is 312 g/mol. The lowest BCUT2D eigenvalue weighted by Crippen LogP contribution is -2.51. The van der Waals surface area contributed by atoms with Gasteiger partial charge in [0.1, 0.15) is 6.04 Å². The predicted molar refractivity (Wildman–Crippen MR) is 83.7 cm³/mol. The van der Waals surface area contributed by atoms with Gasteiger partial charge in [-0.2, -0.15) is 11.8 Å². The first-order valence-electron chi connectivity index (χ1n) is 6.27. The Kier molecular flexibility index (Phi) is 12.5. The molecule has 2 unspecified atom stereocenters. The molecule has 114 valence electrons. The van der Waals surface area contributed by atoms with E-state index >= 15 is 0 Å². The molecule has 0 bridgehead atoms. The van der Waals surface area contributed by atoms with Crippen molar-refractivity contribution >= 4 is 36.0 Å². The van der Waals surface area contributed by atoms with Gasteiger partial charge in [0.25, 0.3) is 0 Å². The summed E-state index contributed by atoms with van der Waals surface area (Å²) in [4.78, 5) is 23.4. The molecular formula is C12H26ClN3O2S. The summed E-state index contributed by atoms with van der Waals surface area (Å²) in [7, 11) is 0. The fourth-order valence-electron chi connectivity index (χ4n) is 1.23. The van der Waals surface area contributed by atoms with E-state index in [1.165, 1.54) is 0 Å². The number of amides is 2. The van der Waals surface area contributed by atoms with E-state index in [0.29, 0.717) is 6.42 Å². The number of halogens is 1. The van der Waals surface area contributed by atoms with E-state index in [4.69, 9.17) is 5.73 Å². The smallest absolute Gasteiger partial charge is 0.242 e. The summed E-state index contributed by atoms with van der Waals surface area (Å²) in [6.45, 7) is 5.58. The summed E-state index contributed by atoms with van der Waals surface area (Å²) in [5.41, 5.74) is 5.72. The number of hydrogen-bond acceptors (Lipinski definition) is 4. The van der Waals surface area contributed by atoms with Gasteiger partial charge in [0.2, 0.25) is 11.8 Å². The monoisotopic (exact) mass is 311 g/mol. The van der Waals surface area contributed by atoms with Gasteiger partial charge in [-0.3, -0.25) is 9.59 Å². The number of rotatable bonds is 8. The lowest BCUT2D eigenvalue weighted by molar-refractivity contribution is -0.129. The Morgan fingerprint density at radius 2 is 1.79 bits per heavy atom. The normalized spacial score (nSPS) is 14.8. The Balaban J connectivity index is 0. The van der Waals surface area contributed by atoms with Crippen LogP contribution in [0.25, 0.3) is 0 Å². The molecule has 0 aromatic heterocycles. The highest BCUT2D eigenvalue weighted by Crippen LogP contribution is 1.99. The van der Waals surface area contributed by atoms with Crippen LogP contribution in [0.5, 0.6) is 0 Å². The molecule has 5 nitrogen and oxygen atoms in total. The number of hydrogen-bond donors (Lipinski definition) is 3. The van der Waals surface area contributed by atoms with Crippen LogP contribution in [0.4, 0.5) is 0 Å². The highest BCUT2D eigenvalue weighted by Gasteiger charge is 2.20. The van der Waals surface area contributed by atoms with Crippen molar-refractivity contribution < 1.29 is 9.59 Å². The molecule has 0 aromatic carbocycles. The number of thioether (sulfide) groups is 1. The third-order valence-electron chi connectivity index (χ3n) is 2.72. The molecule has 4 N–H and O–H groups in total. The Bertz CT molecular complexity index is 280. The largest absolute Gasteiger partial charge is 0.352 e. The van der Waals surface area contributed by atoms with Crippen LogP contribution in [0.3, 0.4) is 0 Å². The fraction of sp³-hybridized carbons (Fsp3) is 0.833. The SMILES string of the molecule is CCC(C)NC(=O)C(C)NC(=O)[C@@H](N)CCSC.Cl. The zero-order valence-corrected chi connectivity index (χ0v) is 13.7. The maximum Gasteiger partial charge on any atom is 0.242 e. The molecule has 2 amide bonds. The van der Waals surface area contributed by atoms with Gasteiger partial charge in [0, 0.05) is 6.04 Å².